The molecule has 146 valence electrons. The first-order valence-electron chi connectivity index (χ1n) is 7.78. The normalized spacial score (nSPS) is 11.1. The van der Waals surface area contributed by atoms with Gasteiger partial charge < -0.3 is 14.2 Å². The lowest BCUT2D eigenvalue weighted by atomic mass is 10.2. The van der Waals surface area contributed by atoms with Gasteiger partial charge in [-0.1, -0.05) is 6.07 Å². The lowest BCUT2D eigenvalue weighted by Crippen LogP contribution is -2.17. The van der Waals surface area contributed by atoms with Crippen molar-refractivity contribution in [3.8, 4) is 17.4 Å². The van der Waals surface area contributed by atoms with Crippen LogP contribution in [-0.4, -0.2) is 39.2 Å². The molecule has 0 bridgehead atoms. The zero-order chi connectivity index (χ0) is 20.1. The lowest BCUT2D eigenvalue weighted by molar-refractivity contribution is -0.274. The highest BCUT2D eigenvalue weighted by atomic mass is 19.4. The average Bonchev–Trinajstić information content (AvgIpc) is 3.14. The SMILES string of the molecule is COC(=O)c1ccc(COc2ncn(-c3ccc(OC(F)(F)F)cc3)n2)cn1. The third-order valence-electron chi connectivity index (χ3n) is 3.39. The number of aromatic nitrogens is 4. The molecule has 3 aromatic rings. The number of alkyl halides is 3. The molecule has 0 unspecified atom stereocenters. The number of carbonyl (C=O) groups is 1. The van der Waals surface area contributed by atoms with Crippen molar-refractivity contribution in [3.63, 3.8) is 0 Å². The van der Waals surface area contributed by atoms with E-state index in [0.717, 1.165) is 0 Å². The van der Waals surface area contributed by atoms with E-state index in [2.05, 4.69) is 24.5 Å². The minimum absolute atomic E-state index is 0.0627. The van der Waals surface area contributed by atoms with Crippen LogP contribution in [-0.2, 0) is 11.3 Å². The second-order valence-corrected chi connectivity index (χ2v) is 5.35. The topological polar surface area (TPSA) is 88.4 Å². The Kier molecular flexibility index (Phi) is 5.43. The Morgan fingerprint density at radius 2 is 1.86 bits per heavy atom. The summed E-state index contributed by atoms with van der Waals surface area (Å²) in [7, 11) is 1.26. The van der Waals surface area contributed by atoms with Gasteiger partial charge in [-0.2, -0.15) is 4.98 Å². The zero-order valence-electron chi connectivity index (χ0n) is 14.4. The van der Waals surface area contributed by atoms with Crippen LogP contribution in [0.1, 0.15) is 16.1 Å². The molecule has 0 aliphatic carbocycles. The van der Waals surface area contributed by atoms with Gasteiger partial charge in [0.15, 0.2) is 0 Å². The van der Waals surface area contributed by atoms with E-state index >= 15 is 0 Å². The van der Waals surface area contributed by atoms with E-state index in [-0.39, 0.29) is 24.1 Å². The van der Waals surface area contributed by atoms with Crippen LogP contribution in [0.3, 0.4) is 0 Å². The number of methoxy groups -OCH3 is 1. The quantitative estimate of drug-likeness (QED) is 0.594. The van der Waals surface area contributed by atoms with E-state index in [0.29, 0.717) is 11.3 Å². The molecule has 0 saturated heterocycles. The van der Waals surface area contributed by atoms with Gasteiger partial charge in [0.1, 0.15) is 24.4 Å². The van der Waals surface area contributed by atoms with Gasteiger partial charge in [0.25, 0.3) is 0 Å². The summed E-state index contributed by atoms with van der Waals surface area (Å²) in [5.41, 5.74) is 1.32. The molecule has 2 heterocycles. The summed E-state index contributed by atoms with van der Waals surface area (Å²) in [6.07, 6.45) is -1.93. The maximum absolute atomic E-state index is 12.2. The van der Waals surface area contributed by atoms with Crippen LogP contribution in [0.15, 0.2) is 48.9 Å². The molecule has 2 aromatic heterocycles. The molecule has 11 heteroatoms. The number of hydrogen-bond donors (Lipinski definition) is 0. The van der Waals surface area contributed by atoms with Crippen molar-refractivity contribution in [1.29, 1.82) is 0 Å². The molecule has 3 rings (SSSR count). The summed E-state index contributed by atoms with van der Waals surface area (Å²) in [6, 6.07) is 8.34. The Balaban J connectivity index is 1.60. The number of nitrogens with zero attached hydrogens (tertiary/aromatic N) is 4. The molecule has 0 aliphatic rings. The summed E-state index contributed by atoms with van der Waals surface area (Å²) in [5.74, 6) is -0.879. The number of hydrogen-bond acceptors (Lipinski definition) is 7. The van der Waals surface area contributed by atoms with Crippen LogP contribution in [0, 0.1) is 0 Å². The average molecular weight is 394 g/mol. The third kappa shape index (κ3) is 4.96. The molecule has 0 saturated carbocycles. The first-order valence-corrected chi connectivity index (χ1v) is 7.78. The predicted octanol–water partition coefficient (Wildman–Crippen LogP) is 2.93. The second kappa shape index (κ2) is 7.94. The fourth-order valence-corrected chi connectivity index (χ4v) is 2.12. The predicted molar refractivity (Wildman–Crippen MR) is 88.0 cm³/mol. The summed E-state index contributed by atoms with van der Waals surface area (Å²) >= 11 is 0. The van der Waals surface area contributed by atoms with Gasteiger partial charge in [0.2, 0.25) is 0 Å². The first-order chi connectivity index (χ1) is 13.3. The Hall–Kier alpha value is -3.63. The van der Waals surface area contributed by atoms with Gasteiger partial charge in [-0.3, -0.25) is 0 Å². The zero-order valence-corrected chi connectivity index (χ0v) is 14.4. The molecule has 0 amide bonds. The summed E-state index contributed by atoms with van der Waals surface area (Å²) in [5, 5.41) is 4.08. The highest BCUT2D eigenvalue weighted by Gasteiger charge is 2.31. The van der Waals surface area contributed by atoms with Crippen molar-refractivity contribution in [1.82, 2.24) is 19.7 Å². The van der Waals surface area contributed by atoms with Crippen molar-refractivity contribution >= 4 is 5.97 Å². The van der Waals surface area contributed by atoms with Crippen LogP contribution in [0.2, 0.25) is 0 Å². The standard InChI is InChI=1S/C17H13F3N4O4/c1-26-15(25)14-7-2-11(8-21-14)9-27-16-22-10-24(23-16)12-3-5-13(6-4-12)28-17(18,19)20/h2-8,10H,9H2,1H3. The number of pyridine rings is 1. The van der Waals surface area contributed by atoms with Gasteiger partial charge >= 0.3 is 18.3 Å². The van der Waals surface area contributed by atoms with Crippen LogP contribution < -0.4 is 9.47 Å². The third-order valence-corrected chi connectivity index (χ3v) is 3.39. The van der Waals surface area contributed by atoms with Crippen molar-refractivity contribution in [3.05, 3.63) is 60.2 Å². The number of ether oxygens (including phenoxy) is 3. The van der Waals surface area contributed by atoms with Gasteiger partial charge in [-0.25, -0.2) is 14.5 Å². The van der Waals surface area contributed by atoms with Crippen LogP contribution >= 0.6 is 0 Å². The smallest absolute Gasteiger partial charge is 0.464 e. The van der Waals surface area contributed by atoms with E-state index in [4.69, 9.17) is 4.74 Å². The molecule has 0 N–H and O–H groups in total. The number of benzene rings is 1. The minimum atomic E-state index is -4.75. The number of rotatable bonds is 6. The van der Waals surface area contributed by atoms with E-state index in [1.807, 2.05) is 0 Å². The van der Waals surface area contributed by atoms with Crippen LogP contribution in [0.4, 0.5) is 13.2 Å². The monoisotopic (exact) mass is 394 g/mol. The number of esters is 1. The molecule has 0 atom stereocenters. The second-order valence-electron chi connectivity index (χ2n) is 5.35. The molecule has 1 aromatic carbocycles. The number of carbonyl (C=O) groups excluding carboxylic acids is 1. The van der Waals surface area contributed by atoms with E-state index in [1.165, 1.54) is 54.6 Å². The fraction of sp³-hybridized carbons (Fsp3) is 0.176. The van der Waals surface area contributed by atoms with E-state index in [9.17, 15) is 18.0 Å². The van der Waals surface area contributed by atoms with Crippen LogP contribution in [0.25, 0.3) is 5.69 Å². The molecule has 28 heavy (non-hydrogen) atoms. The van der Waals surface area contributed by atoms with E-state index < -0.39 is 12.3 Å². The van der Waals surface area contributed by atoms with Crippen LogP contribution in [0.5, 0.6) is 11.8 Å². The fourth-order valence-electron chi connectivity index (χ4n) is 2.12. The van der Waals surface area contributed by atoms with Crippen molar-refractivity contribution in [2.24, 2.45) is 0 Å². The molecular weight excluding hydrogens is 381 g/mol. The minimum Gasteiger partial charge on any atom is -0.464 e. The maximum atomic E-state index is 12.2. The Bertz CT molecular complexity index is 940. The van der Waals surface area contributed by atoms with Crippen molar-refractivity contribution < 1.29 is 32.2 Å². The molecule has 0 radical (unpaired) electrons. The van der Waals surface area contributed by atoms with Gasteiger partial charge in [0, 0.05) is 11.8 Å². The van der Waals surface area contributed by atoms with Crippen molar-refractivity contribution in [2.45, 2.75) is 13.0 Å². The van der Waals surface area contributed by atoms with Gasteiger partial charge in [-0.15, -0.1) is 18.3 Å². The Morgan fingerprint density at radius 3 is 2.46 bits per heavy atom. The van der Waals surface area contributed by atoms with Gasteiger partial charge in [-0.05, 0) is 30.3 Å². The molecule has 0 spiro atoms. The van der Waals surface area contributed by atoms with Gasteiger partial charge in [0.05, 0.1) is 12.8 Å². The summed E-state index contributed by atoms with van der Waals surface area (Å²) in [4.78, 5) is 19.3. The summed E-state index contributed by atoms with van der Waals surface area (Å²) < 4.78 is 51.7. The molecule has 0 aliphatic heterocycles. The van der Waals surface area contributed by atoms with E-state index in [1.54, 1.807) is 6.07 Å². The largest absolute Gasteiger partial charge is 0.573 e. The Morgan fingerprint density at radius 1 is 1.11 bits per heavy atom. The number of halogens is 3. The maximum Gasteiger partial charge on any atom is 0.573 e. The first kappa shape index (κ1) is 19.1. The highest BCUT2D eigenvalue weighted by molar-refractivity contribution is 5.86. The molecule has 8 nitrogen and oxygen atoms in total. The Labute approximate surface area is 156 Å². The highest BCUT2D eigenvalue weighted by Crippen LogP contribution is 2.23. The summed E-state index contributed by atoms with van der Waals surface area (Å²) in [6.45, 7) is 0.108. The lowest BCUT2D eigenvalue weighted by Gasteiger charge is -2.09. The van der Waals surface area contributed by atoms with Crippen molar-refractivity contribution in [2.75, 3.05) is 7.11 Å². The molecular formula is C17H13F3N4O4. The molecule has 0 fully saturated rings.